The molecule has 0 bridgehead atoms. The van der Waals surface area contributed by atoms with Crippen LogP contribution in [0.4, 0.5) is 0 Å². The summed E-state index contributed by atoms with van der Waals surface area (Å²) >= 11 is 2.23. The molecule has 0 radical (unpaired) electrons. The van der Waals surface area contributed by atoms with Crippen molar-refractivity contribution in [2.75, 3.05) is 27.2 Å². The molecular weight excluding hydrogens is 327 g/mol. The first-order valence-electron chi connectivity index (χ1n) is 5.82. The molecule has 1 aromatic carbocycles. The molecule has 0 spiro atoms. The minimum absolute atomic E-state index is 0.0157. The third-order valence-electron chi connectivity index (χ3n) is 2.47. The van der Waals surface area contributed by atoms with E-state index in [-0.39, 0.29) is 5.91 Å². The Hall–Kier alpha value is -0.620. The van der Waals surface area contributed by atoms with Crippen LogP contribution in [0.1, 0.15) is 17.3 Å². The van der Waals surface area contributed by atoms with Gasteiger partial charge in [0.1, 0.15) is 0 Å². The van der Waals surface area contributed by atoms with Crippen LogP contribution in [0, 0.1) is 9.49 Å². The normalized spacial score (nSPS) is 12.5. The van der Waals surface area contributed by atoms with E-state index >= 15 is 0 Å². The van der Waals surface area contributed by atoms with Crippen LogP contribution in [0.5, 0.6) is 0 Å². The second-order valence-corrected chi connectivity index (χ2v) is 5.98. The zero-order valence-electron chi connectivity index (χ0n) is 10.6. The Kier molecular flexibility index (Phi) is 5.91. The van der Waals surface area contributed by atoms with Crippen LogP contribution in [0.15, 0.2) is 24.3 Å². The van der Waals surface area contributed by atoms with Gasteiger partial charge in [-0.15, -0.1) is 0 Å². The van der Waals surface area contributed by atoms with Gasteiger partial charge in [-0.05, 0) is 46.9 Å². The van der Waals surface area contributed by atoms with E-state index in [2.05, 4.69) is 48.9 Å². The second-order valence-electron chi connectivity index (χ2n) is 4.73. The van der Waals surface area contributed by atoms with E-state index in [1.165, 1.54) is 4.90 Å². The lowest BCUT2D eigenvalue weighted by Gasteiger charge is -2.15. The second kappa shape index (κ2) is 6.96. The molecule has 0 aliphatic heterocycles. The molecule has 1 atom stereocenters. The van der Waals surface area contributed by atoms with Crippen molar-refractivity contribution in [3.05, 3.63) is 33.4 Å². The van der Waals surface area contributed by atoms with Crippen molar-refractivity contribution in [3.63, 3.8) is 0 Å². The first-order chi connectivity index (χ1) is 7.99. The number of halogens is 1. The predicted molar refractivity (Wildman–Crippen MR) is 78.3 cm³/mol. The summed E-state index contributed by atoms with van der Waals surface area (Å²) in [4.78, 5) is 13.2. The van der Waals surface area contributed by atoms with Crippen LogP contribution < -0.4 is 10.2 Å². The quantitative estimate of drug-likeness (QED) is 0.760. The van der Waals surface area contributed by atoms with Gasteiger partial charge in [-0.2, -0.15) is 0 Å². The van der Waals surface area contributed by atoms with Crippen molar-refractivity contribution >= 4 is 28.5 Å². The number of carbonyl (C=O) groups excluding carboxylic acids is 1. The van der Waals surface area contributed by atoms with Crippen LogP contribution in [0.25, 0.3) is 0 Å². The maximum absolute atomic E-state index is 11.8. The molecule has 17 heavy (non-hydrogen) atoms. The minimum atomic E-state index is 0.0157. The molecule has 1 aromatic rings. The Morgan fingerprint density at radius 3 is 2.47 bits per heavy atom. The lowest BCUT2D eigenvalue weighted by Crippen LogP contribution is -3.06. The summed E-state index contributed by atoms with van der Waals surface area (Å²) in [5, 5.41) is 2.97. The Bertz CT molecular complexity index is 362. The van der Waals surface area contributed by atoms with Gasteiger partial charge < -0.3 is 10.2 Å². The molecule has 0 saturated heterocycles. The summed E-state index contributed by atoms with van der Waals surface area (Å²) in [6, 6.07) is 7.61. The highest BCUT2D eigenvalue weighted by atomic mass is 127. The zero-order chi connectivity index (χ0) is 12.8. The number of hydrogen-bond acceptors (Lipinski definition) is 1. The maximum Gasteiger partial charge on any atom is 0.251 e. The van der Waals surface area contributed by atoms with Crippen molar-refractivity contribution in [1.82, 2.24) is 5.32 Å². The number of benzene rings is 1. The van der Waals surface area contributed by atoms with Gasteiger partial charge in [0.05, 0.1) is 20.6 Å². The number of amides is 1. The van der Waals surface area contributed by atoms with E-state index < -0.39 is 0 Å². The molecule has 0 saturated carbocycles. The van der Waals surface area contributed by atoms with Gasteiger partial charge in [0.25, 0.3) is 5.91 Å². The summed E-state index contributed by atoms with van der Waals surface area (Å²) in [7, 11) is 4.24. The first kappa shape index (κ1) is 14.4. The molecule has 2 N–H and O–H groups in total. The standard InChI is InChI=1S/C13H19IN2O/c1-10(9-16(2)3)8-15-13(17)11-4-6-12(14)7-5-11/h4-7,10H,8-9H2,1-3H3,(H,15,17)/p+1/t10-/m1/s1. The highest BCUT2D eigenvalue weighted by Gasteiger charge is 2.09. The third-order valence-corrected chi connectivity index (χ3v) is 3.19. The molecule has 0 aliphatic rings. The fourth-order valence-corrected chi connectivity index (χ4v) is 2.10. The maximum atomic E-state index is 11.8. The fraction of sp³-hybridized carbons (Fsp3) is 0.462. The third kappa shape index (κ3) is 5.50. The zero-order valence-corrected chi connectivity index (χ0v) is 12.7. The molecule has 1 amide bonds. The highest BCUT2D eigenvalue weighted by molar-refractivity contribution is 14.1. The van der Waals surface area contributed by atoms with Gasteiger partial charge in [0.15, 0.2) is 0 Å². The summed E-state index contributed by atoms with van der Waals surface area (Å²) in [5.41, 5.74) is 0.731. The summed E-state index contributed by atoms with van der Waals surface area (Å²) in [6.07, 6.45) is 0. The average Bonchev–Trinajstić information content (AvgIpc) is 2.26. The summed E-state index contributed by atoms with van der Waals surface area (Å²) in [5.74, 6) is 0.509. The van der Waals surface area contributed by atoms with Crippen LogP contribution in [0.3, 0.4) is 0 Å². The topological polar surface area (TPSA) is 33.5 Å². The summed E-state index contributed by atoms with van der Waals surface area (Å²) < 4.78 is 1.14. The average molecular weight is 347 g/mol. The smallest absolute Gasteiger partial charge is 0.251 e. The van der Waals surface area contributed by atoms with Crippen molar-refractivity contribution in [1.29, 1.82) is 0 Å². The van der Waals surface area contributed by atoms with E-state index in [0.29, 0.717) is 5.92 Å². The lowest BCUT2D eigenvalue weighted by atomic mass is 10.1. The molecule has 0 fully saturated rings. The van der Waals surface area contributed by atoms with E-state index in [1.54, 1.807) is 0 Å². The predicted octanol–water partition coefficient (Wildman–Crippen LogP) is 0.802. The van der Waals surface area contributed by atoms with Gasteiger partial charge in [0, 0.05) is 21.6 Å². The molecule has 0 unspecified atom stereocenters. The molecular formula is C13H20IN2O+. The van der Waals surface area contributed by atoms with Crippen molar-refractivity contribution in [3.8, 4) is 0 Å². The molecule has 4 heteroatoms. The molecule has 3 nitrogen and oxygen atoms in total. The van der Waals surface area contributed by atoms with Gasteiger partial charge >= 0.3 is 0 Å². The molecule has 0 aromatic heterocycles. The van der Waals surface area contributed by atoms with Crippen molar-refractivity contribution in [2.45, 2.75) is 6.92 Å². The van der Waals surface area contributed by atoms with Crippen molar-refractivity contribution in [2.24, 2.45) is 5.92 Å². The summed E-state index contributed by atoms with van der Waals surface area (Å²) in [6.45, 7) is 3.95. The first-order valence-corrected chi connectivity index (χ1v) is 6.89. The van der Waals surface area contributed by atoms with Crippen LogP contribution >= 0.6 is 22.6 Å². The number of nitrogens with one attached hydrogen (secondary N) is 2. The van der Waals surface area contributed by atoms with E-state index in [1.807, 2.05) is 24.3 Å². The molecule has 0 heterocycles. The highest BCUT2D eigenvalue weighted by Crippen LogP contribution is 2.06. The lowest BCUT2D eigenvalue weighted by molar-refractivity contribution is -0.861. The number of rotatable bonds is 5. The Balaban J connectivity index is 2.42. The SMILES string of the molecule is C[C@H](CNC(=O)c1ccc(I)cc1)C[NH+](C)C. The van der Waals surface area contributed by atoms with E-state index in [9.17, 15) is 4.79 Å². The molecule has 1 rings (SSSR count). The fourth-order valence-electron chi connectivity index (χ4n) is 1.74. The molecule has 0 aliphatic carbocycles. The van der Waals surface area contributed by atoms with Crippen LogP contribution in [0.2, 0.25) is 0 Å². The number of hydrogen-bond donors (Lipinski definition) is 2. The van der Waals surface area contributed by atoms with Crippen LogP contribution in [-0.4, -0.2) is 33.1 Å². The van der Waals surface area contributed by atoms with E-state index in [4.69, 9.17) is 0 Å². The van der Waals surface area contributed by atoms with Crippen molar-refractivity contribution < 1.29 is 9.69 Å². The van der Waals surface area contributed by atoms with Gasteiger partial charge in [-0.3, -0.25) is 4.79 Å². The molecule has 94 valence electrons. The monoisotopic (exact) mass is 347 g/mol. The minimum Gasteiger partial charge on any atom is -0.352 e. The van der Waals surface area contributed by atoms with Gasteiger partial charge in [-0.1, -0.05) is 6.92 Å². The van der Waals surface area contributed by atoms with Gasteiger partial charge in [0.2, 0.25) is 0 Å². The van der Waals surface area contributed by atoms with Gasteiger partial charge in [-0.25, -0.2) is 0 Å². The largest absolute Gasteiger partial charge is 0.352 e. The van der Waals surface area contributed by atoms with Crippen LogP contribution in [-0.2, 0) is 0 Å². The Morgan fingerprint density at radius 1 is 1.35 bits per heavy atom. The van der Waals surface area contributed by atoms with E-state index in [0.717, 1.165) is 22.2 Å². The Morgan fingerprint density at radius 2 is 1.94 bits per heavy atom. The Labute approximate surface area is 117 Å². The number of carbonyl (C=O) groups is 1. The number of quaternary nitrogens is 1.